The van der Waals surface area contributed by atoms with Crippen molar-refractivity contribution in [1.82, 2.24) is 4.98 Å². The standard InChI is InChI=1S/C16H16N2O2S/c1-9(11-5-13(19)8-14(20)6-11)17-12-3-4-15-16(7-12)21-10(2)18-15/h3-9,17,19-20H,1-2H3. The van der Waals surface area contributed by atoms with Gasteiger partial charge in [-0.05, 0) is 49.7 Å². The Balaban J connectivity index is 1.86. The summed E-state index contributed by atoms with van der Waals surface area (Å²) in [6, 6.07) is 10.6. The molecule has 3 rings (SSSR count). The van der Waals surface area contributed by atoms with Crippen LogP contribution in [0, 0.1) is 6.92 Å². The molecule has 0 aliphatic carbocycles. The summed E-state index contributed by atoms with van der Waals surface area (Å²) < 4.78 is 1.14. The Kier molecular flexibility index (Phi) is 3.43. The first-order valence-corrected chi connectivity index (χ1v) is 7.49. The fraction of sp³-hybridized carbons (Fsp3) is 0.188. The summed E-state index contributed by atoms with van der Waals surface area (Å²) in [5.74, 6) is 0.124. The molecule has 4 nitrogen and oxygen atoms in total. The van der Waals surface area contributed by atoms with E-state index in [0.717, 1.165) is 26.5 Å². The fourth-order valence-corrected chi connectivity index (χ4v) is 3.20. The number of thiazole rings is 1. The van der Waals surface area contributed by atoms with Crippen molar-refractivity contribution in [3.63, 3.8) is 0 Å². The van der Waals surface area contributed by atoms with Crippen molar-refractivity contribution >= 4 is 27.2 Å². The van der Waals surface area contributed by atoms with Crippen LogP contribution in [0.5, 0.6) is 11.5 Å². The first-order valence-electron chi connectivity index (χ1n) is 6.68. The van der Waals surface area contributed by atoms with Crippen LogP contribution in [0.2, 0.25) is 0 Å². The lowest BCUT2D eigenvalue weighted by Gasteiger charge is -2.16. The molecule has 21 heavy (non-hydrogen) atoms. The van der Waals surface area contributed by atoms with Gasteiger partial charge >= 0.3 is 0 Å². The first-order chi connectivity index (χ1) is 10.0. The van der Waals surface area contributed by atoms with Crippen molar-refractivity contribution in [1.29, 1.82) is 0 Å². The minimum Gasteiger partial charge on any atom is -0.508 e. The predicted octanol–water partition coefficient (Wildman–Crippen LogP) is 4.19. The number of phenolic OH excluding ortho intramolecular Hbond substituents is 2. The Bertz CT molecular complexity index is 778. The van der Waals surface area contributed by atoms with E-state index >= 15 is 0 Å². The molecule has 3 aromatic rings. The van der Waals surface area contributed by atoms with Crippen LogP contribution in [0.1, 0.15) is 23.5 Å². The molecule has 1 atom stereocenters. The van der Waals surface area contributed by atoms with Gasteiger partial charge < -0.3 is 15.5 Å². The monoisotopic (exact) mass is 300 g/mol. The lowest BCUT2D eigenvalue weighted by molar-refractivity contribution is 0.448. The molecule has 0 radical (unpaired) electrons. The van der Waals surface area contributed by atoms with Crippen LogP contribution in [0.25, 0.3) is 10.2 Å². The van der Waals surface area contributed by atoms with Gasteiger partial charge in [0.2, 0.25) is 0 Å². The summed E-state index contributed by atoms with van der Waals surface area (Å²) in [4.78, 5) is 4.44. The molecule has 0 saturated heterocycles. The maximum atomic E-state index is 9.56. The number of aromatic hydroxyl groups is 2. The number of fused-ring (bicyclic) bond motifs is 1. The molecule has 0 saturated carbocycles. The smallest absolute Gasteiger partial charge is 0.119 e. The molecule has 1 aromatic heterocycles. The minimum atomic E-state index is -0.0329. The predicted molar refractivity (Wildman–Crippen MR) is 86.2 cm³/mol. The number of phenols is 2. The summed E-state index contributed by atoms with van der Waals surface area (Å²) in [7, 11) is 0. The molecule has 0 bridgehead atoms. The SMILES string of the molecule is Cc1nc2ccc(NC(C)c3cc(O)cc(O)c3)cc2s1. The molecule has 0 fully saturated rings. The van der Waals surface area contributed by atoms with Gasteiger partial charge in [-0.2, -0.15) is 0 Å². The maximum Gasteiger partial charge on any atom is 0.119 e. The third-order valence-electron chi connectivity index (χ3n) is 3.30. The van der Waals surface area contributed by atoms with Crippen LogP contribution in [0.3, 0.4) is 0 Å². The van der Waals surface area contributed by atoms with Gasteiger partial charge in [-0.1, -0.05) is 0 Å². The van der Waals surface area contributed by atoms with Crippen LogP contribution in [-0.4, -0.2) is 15.2 Å². The molecule has 1 heterocycles. The average molecular weight is 300 g/mol. The van der Waals surface area contributed by atoms with Crippen LogP contribution in [0.15, 0.2) is 36.4 Å². The molecule has 1 unspecified atom stereocenters. The lowest BCUT2D eigenvalue weighted by atomic mass is 10.1. The number of aryl methyl sites for hydroxylation is 1. The summed E-state index contributed by atoms with van der Waals surface area (Å²) in [5, 5.41) is 23.5. The van der Waals surface area contributed by atoms with Gasteiger partial charge in [0.25, 0.3) is 0 Å². The Labute approximate surface area is 126 Å². The summed E-state index contributed by atoms with van der Waals surface area (Å²) in [5.41, 5.74) is 2.82. The largest absolute Gasteiger partial charge is 0.508 e. The molecule has 108 valence electrons. The highest BCUT2D eigenvalue weighted by Crippen LogP contribution is 2.29. The van der Waals surface area contributed by atoms with E-state index in [2.05, 4.69) is 16.4 Å². The van der Waals surface area contributed by atoms with Crippen LogP contribution < -0.4 is 5.32 Å². The number of rotatable bonds is 3. The van der Waals surface area contributed by atoms with Gasteiger partial charge in [0.15, 0.2) is 0 Å². The van der Waals surface area contributed by atoms with E-state index in [1.807, 2.05) is 26.0 Å². The van der Waals surface area contributed by atoms with E-state index in [0.29, 0.717) is 0 Å². The third-order valence-corrected chi connectivity index (χ3v) is 4.24. The Morgan fingerprint density at radius 3 is 2.52 bits per heavy atom. The second-order valence-corrected chi connectivity index (χ2v) is 6.30. The van der Waals surface area contributed by atoms with Gasteiger partial charge in [-0.25, -0.2) is 4.98 Å². The van der Waals surface area contributed by atoms with E-state index in [4.69, 9.17) is 0 Å². The molecule has 3 N–H and O–H groups in total. The van der Waals surface area contributed by atoms with Gasteiger partial charge in [0.05, 0.1) is 15.2 Å². The molecule has 0 amide bonds. The van der Waals surface area contributed by atoms with Crippen molar-refractivity contribution in [3.8, 4) is 11.5 Å². The summed E-state index contributed by atoms with van der Waals surface area (Å²) >= 11 is 1.66. The number of hydrogen-bond donors (Lipinski definition) is 3. The van der Waals surface area contributed by atoms with Crippen molar-refractivity contribution in [3.05, 3.63) is 47.0 Å². The number of nitrogens with one attached hydrogen (secondary N) is 1. The highest BCUT2D eigenvalue weighted by molar-refractivity contribution is 7.18. The highest BCUT2D eigenvalue weighted by Gasteiger charge is 2.09. The van der Waals surface area contributed by atoms with Crippen LogP contribution >= 0.6 is 11.3 Å². The van der Waals surface area contributed by atoms with Crippen molar-refractivity contribution < 1.29 is 10.2 Å². The second kappa shape index (κ2) is 5.26. The zero-order valence-corrected chi connectivity index (χ0v) is 12.6. The van der Waals surface area contributed by atoms with Gasteiger partial charge in [-0.15, -0.1) is 11.3 Å². The zero-order valence-electron chi connectivity index (χ0n) is 11.8. The molecule has 2 aromatic carbocycles. The molecular weight excluding hydrogens is 284 g/mol. The van der Waals surface area contributed by atoms with E-state index in [1.54, 1.807) is 23.5 Å². The Hall–Kier alpha value is -2.27. The zero-order chi connectivity index (χ0) is 15.0. The maximum absolute atomic E-state index is 9.56. The minimum absolute atomic E-state index is 0.0329. The molecule has 0 aliphatic rings. The van der Waals surface area contributed by atoms with Crippen molar-refractivity contribution in [2.24, 2.45) is 0 Å². The number of aromatic nitrogens is 1. The Morgan fingerprint density at radius 1 is 1.10 bits per heavy atom. The van der Waals surface area contributed by atoms with Crippen molar-refractivity contribution in [2.45, 2.75) is 19.9 Å². The molecule has 0 aliphatic heterocycles. The van der Waals surface area contributed by atoms with Gasteiger partial charge in [0, 0.05) is 17.8 Å². The number of hydrogen-bond acceptors (Lipinski definition) is 5. The first kappa shape index (κ1) is 13.7. The quantitative estimate of drug-likeness (QED) is 0.678. The topological polar surface area (TPSA) is 65.4 Å². The van der Waals surface area contributed by atoms with E-state index < -0.39 is 0 Å². The summed E-state index contributed by atoms with van der Waals surface area (Å²) in [6.07, 6.45) is 0. The lowest BCUT2D eigenvalue weighted by Crippen LogP contribution is -2.06. The number of benzene rings is 2. The normalized spacial score (nSPS) is 12.5. The average Bonchev–Trinajstić information content (AvgIpc) is 2.77. The second-order valence-electron chi connectivity index (χ2n) is 5.06. The van der Waals surface area contributed by atoms with E-state index in [1.165, 1.54) is 6.07 Å². The third kappa shape index (κ3) is 2.92. The van der Waals surface area contributed by atoms with Gasteiger partial charge in [0.1, 0.15) is 11.5 Å². The Morgan fingerprint density at radius 2 is 1.81 bits per heavy atom. The van der Waals surface area contributed by atoms with Crippen LogP contribution in [-0.2, 0) is 0 Å². The molecule has 0 spiro atoms. The highest BCUT2D eigenvalue weighted by atomic mass is 32.1. The molecular formula is C16H16N2O2S. The summed E-state index contributed by atoms with van der Waals surface area (Å²) in [6.45, 7) is 3.98. The fourth-order valence-electron chi connectivity index (χ4n) is 2.33. The molecule has 5 heteroatoms. The number of anilines is 1. The van der Waals surface area contributed by atoms with Gasteiger partial charge in [-0.3, -0.25) is 0 Å². The van der Waals surface area contributed by atoms with E-state index in [-0.39, 0.29) is 17.5 Å². The van der Waals surface area contributed by atoms with Crippen LogP contribution in [0.4, 0.5) is 5.69 Å². The number of nitrogens with zero attached hydrogens (tertiary/aromatic N) is 1. The van der Waals surface area contributed by atoms with Crippen molar-refractivity contribution in [2.75, 3.05) is 5.32 Å². The van der Waals surface area contributed by atoms with E-state index in [9.17, 15) is 10.2 Å².